The summed E-state index contributed by atoms with van der Waals surface area (Å²) in [5.74, 6) is 0.853. The van der Waals surface area contributed by atoms with Gasteiger partial charge in [-0.2, -0.15) is 0 Å². The summed E-state index contributed by atoms with van der Waals surface area (Å²) in [6.07, 6.45) is 2.16. The third-order valence-electron chi connectivity index (χ3n) is 4.53. The third-order valence-corrected chi connectivity index (χ3v) is 5.62. The van der Waals surface area contributed by atoms with Crippen molar-refractivity contribution < 1.29 is 9.53 Å². The Morgan fingerprint density at radius 2 is 1.92 bits per heavy atom. The van der Waals surface area contributed by atoms with E-state index in [1.165, 1.54) is 4.88 Å². The van der Waals surface area contributed by atoms with Gasteiger partial charge in [0.05, 0.1) is 5.69 Å². The molecular formula is C22H19NO2S. The van der Waals surface area contributed by atoms with E-state index in [9.17, 15) is 4.79 Å². The lowest BCUT2D eigenvalue weighted by Gasteiger charge is -2.25. The average Bonchev–Trinajstić information content (AvgIpc) is 3.10. The summed E-state index contributed by atoms with van der Waals surface area (Å²) in [6, 6.07) is 18.1. The maximum absolute atomic E-state index is 12.5. The van der Waals surface area contributed by atoms with E-state index in [1.54, 1.807) is 17.4 Å². The van der Waals surface area contributed by atoms with Gasteiger partial charge in [-0.25, -0.2) is 0 Å². The molecule has 4 heteroatoms. The van der Waals surface area contributed by atoms with E-state index < -0.39 is 0 Å². The van der Waals surface area contributed by atoms with Gasteiger partial charge in [0, 0.05) is 33.7 Å². The summed E-state index contributed by atoms with van der Waals surface area (Å²) in [6.45, 7) is 4.16. The number of carbonyl (C=O) groups excluding carboxylic acids is 1. The Bertz CT molecular complexity index is 946. The molecule has 1 aliphatic heterocycles. The fourth-order valence-corrected chi connectivity index (χ4v) is 4.51. The van der Waals surface area contributed by atoms with Crippen molar-refractivity contribution in [2.24, 2.45) is 0 Å². The topological polar surface area (TPSA) is 38.3 Å². The molecule has 0 radical (unpaired) electrons. The molecule has 3 nitrogen and oxygen atoms in total. The zero-order valence-corrected chi connectivity index (χ0v) is 15.1. The number of nitrogens with one attached hydrogen (secondary N) is 1. The van der Waals surface area contributed by atoms with E-state index in [1.807, 2.05) is 42.5 Å². The lowest BCUT2D eigenvalue weighted by Crippen LogP contribution is -2.22. The molecule has 130 valence electrons. The fourth-order valence-electron chi connectivity index (χ4n) is 3.36. The van der Waals surface area contributed by atoms with Gasteiger partial charge in [0.25, 0.3) is 0 Å². The van der Waals surface area contributed by atoms with Crippen LogP contribution in [-0.4, -0.2) is 12.5 Å². The molecule has 2 heterocycles. The standard InChI is InChI=1S/C22H19NO2S/c1-2-12-25-19-11-7-6-10-16(19)17-13-20(24)23-21-18(14-26-22(17)21)15-8-4-3-5-9-15/h2-11,14,17H,1,12-13H2,(H,23,24). The fraction of sp³-hybridized carbons (Fsp3) is 0.136. The molecule has 0 saturated heterocycles. The Morgan fingerprint density at radius 1 is 1.15 bits per heavy atom. The Kier molecular flexibility index (Phi) is 4.59. The van der Waals surface area contributed by atoms with Crippen molar-refractivity contribution in [1.82, 2.24) is 0 Å². The third kappa shape index (κ3) is 3.04. The van der Waals surface area contributed by atoms with Crippen LogP contribution in [0.15, 0.2) is 72.6 Å². The largest absolute Gasteiger partial charge is 0.489 e. The van der Waals surface area contributed by atoms with E-state index in [4.69, 9.17) is 4.74 Å². The molecule has 0 fully saturated rings. The first-order valence-corrected chi connectivity index (χ1v) is 9.45. The number of para-hydroxylation sites is 1. The first kappa shape index (κ1) is 16.6. The Labute approximate surface area is 157 Å². The van der Waals surface area contributed by atoms with Crippen LogP contribution in [0.3, 0.4) is 0 Å². The van der Waals surface area contributed by atoms with Gasteiger partial charge in [0.1, 0.15) is 12.4 Å². The highest BCUT2D eigenvalue weighted by Gasteiger charge is 2.31. The van der Waals surface area contributed by atoms with Gasteiger partial charge >= 0.3 is 0 Å². The SMILES string of the molecule is C=CCOc1ccccc1C1CC(=O)Nc2c(-c3ccccc3)csc21. The number of rotatable bonds is 5. The molecule has 3 aromatic rings. The summed E-state index contributed by atoms with van der Waals surface area (Å²) in [5.41, 5.74) is 4.17. The number of amides is 1. The zero-order chi connectivity index (χ0) is 17.9. The highest BCUT2D eigenvalue weighted by Crippen LogP contribution is 2.48. The molecule has 4 rings (SSSR count). The number of carbonyl (C=O) groups is 1. The Balaban J connectivity index is 1.79. The molecule has 1 atom stereocenters. The number of fused-ring (bicyclic) bond motifs is 1. The van der Waals surface area contributed by atoms with Gasteiger partial charge in [-0.1, -0.05) is 61.2 Å². The smallest absolute Gasteiger partial charge is 0.225 e. The number of hydrogen-bond acceptors (Lipinski definition) is 3. The van der Waals surface area contributed by atoms with Gasteiger partial charge in [-0.15, -0.1) is 11.3 Å². The quantitative estimate of drug-likeness (QED) is 0.613. The summed E-state index contributed by atoms with van der Waals surface area (Å²) >= 11 is 1.69. The molecule has 26 heavy (non-hydrogen) atoms. The molecule has 1 aromatic heterocycles. The van der Waals surface area contributed by atoms with Gasteiger partial charge in [0.2, 0.25) is 5.91 Å². The lowest BCUT2D eigenvalue weighted by molar-refractivity contribution is -0.116. The van der Waals surface area contributed by atoms with Crippen molar-refractivity contribution in [3.05, 3.63) is 83.1 Å². The lowest BCUT2D eigenvalue weighted by atomic mass is 9.88. The molecule has 0 bridgehead atoms. The van der Waals surface area contributed by atoms with E-state index in [0.29, 0.717) is 13.0 Å². The molecular weight excluding hydrogens is 342 g/mol. The van der Waals surface area contributed by atoms with Gasteiger partial charge in [0.15, 0.2) is 0 Å². The maximum Gasteiger partial charge on any atom is 0.225 e. The number of thiophene rings is 1. The molecule has 1 unspecified atom stereocenters. The molecule has 0 spiro atoms. The highest BCUT2D eigenvalue weighted by atomic mass is 32.1. The average molecular weight is 361 g/mol. The first-order valence-electron chi connectivity index (χ1n) is 8.57. The van der Waals surface area contributed by atoms with Crippen molar-refractivity contribution in [1.29, 1.82) is 0 Å². The van der Waals surface area contributed by atoms with Crippen molar-refractivity contribution in [2.45, 2.75) is 12.3 Å². The molecule has 0 saturated carbocycles. The number of anilines is 1. The summed E-state index contributed by atoms with van der Waals surface area (Å²) in [4.78, 5) is 13.6. The summed E-state index contributed by atoms with van der Waals surface area (Å²) < 4.78 is 5.84. The Morgan fingerprint density at radius 3 is 2.73 bits per heavy atom. The normalized spacial score (nSPS) is 15.8. The van der Waals surface area contributed by atoms with Gasteiger partial charge in [-0.05, 0) is 11.6 Å². The molecule has 0 aliphatic carbocycles. The van der Waals surface area contributed by atoms with E-state index >= 15 is 0 Å². The Hall–Kier alpha value is -2.85. The minimum Gasteiger partial charge on any atom is -0.489 e. The monoisotopic (exact) mass is 361 g/mol. The zero-order valence-electron chi connectivity index (χ0n) is 14.3. The maximum atomic E-state index is 12.5. The van der Waals surface area contributed by atoms with Crippen molar-refractivity contribution in [3.8, 4) is 16.9 Å². The van der Waals surface area contributed by atoms with Crippen LogP contribution >= 0.6 is 11.3 Å². The molecule has 1 N–H and O–H groups in total. The van der Waals surface area contributed by atoms with E-state index in [0.717, 1.165) is 28.1 Å². The second-order valence-electron chi connectivity index (χ2n) is 6.20. The predicted molar refractivity (Wildman–Crippen MR) is 107 cm³/mol. The number of hydrogen-bond donors (Lipinski definition) is 1. The molecule has 1 aliphatic rings. The van der Waals surface area contributed by atoms with Crippen molar-refractivity contribution in [2.75, 3.05) is 11.9 Å². The van der Waals surface area contributed by atoms with Crippen molar-refractivity contribution in [3.63, 3.8) is 0 Å². The van der Waals surface area contributed by atoms with E-state index in [-0.39, 0.29) is 11.8 Å². The van der Waals surface area contributed by atoms with Crippen LogP contribution in [0, 0.1) is 0 Å². The molecule has 1 amide bonds. The van der Waals surface area contributed by atoms with Crippen LogP contribution in [-0.2, 0) is 4.79 Å². The van der Waals surface area contributed by atoms with Crippen LogP contribution in [0.5, 0.6) is 5.75 Å². The summed E-state index contributed by atoms with van der Waals surface area (Å²) in [5, 5.41) is 5.21. The van der Waals surface area contributed by atoms with E-state index in [2.05, 4.69) is 29.4 Å². The van der Waals surface area contributed by atoms with Crippen LogP contribution in [0.2, 0.25) is 0 Å². The van der Waals surface area contributed by atoms with Gasteiger partial charge in [-0.3, -0.25) is 4.79 Å². The minimum atomic E-state index is 0.00206. The summed E-state index contributed by atoms with van der Waals surface area (Å²) in [7, 11) is 0. The van der Waals surface area contributed by atoms with Gasteiger partial charge < -0.3 is 10.1 Å². The predicted octanol–water partition coefficient (Wildman–Crippen LogP) is 5.45. The number of ether oxygens (including phenoxy) is 1. The highest BCUT2D eigenvalue weighted by molar-refractivity contribution is 7.11. The minimum absolute atomic E-state index is 0.00206. The second-order valence-corrected chi connectivity index (χ2v) is 7.11. The number of benzene rings is 2. The van der Waals surface area contributed by atoms with Crippen LogP contribution in [0.25, 0.3) is 11.1 Å². The van der Waals surface area contributed by atoms with Crippen LogP contribution < -0.4 is 10.1 Å². The van der Waals surface area contributed by atoms with Crippen molar-refractivity contribution >= 4 is 22.9 Å². The molecule has 2 aromatic carbocycles. The second kappa shape index (κ2) is 7.18. The first-order chi connectivity index (χ1) is 12.8. The van der Waals surface area contributed by atoms with Crippen LogP contribution in [0.4, 0.5) is 5.69 Å². The van der Waals surface area contributed by atoms with Crippen LogP contribution in [0.1, 0.15) is 22.8 Å².